The summed E-state index contributed by atoms with van der Waals surface area (Å²) in [6.07, 6.45) is -4.52. The lowest BCUT2D eigenvalue weighted by atomic mass is 9.90. The molecule has 2 aromatic rings. The van der Waals surface area contributed by atoms with Crippen molar-refractivity contribution in [2.45, 2.75) is 19.0 Å². The van der Waals surface area contributed by atoms with Gasteiger partial charge in [0.1, 0.15) is 5.92 Å². The fourth-order valence-corrected chi connectivity index (χ4v) is 3.10. The van der Waals surface area contributed by atoms with Crippen molar-refractivity contribution in [3.8, 4) is 0 Å². The van der Waals surface area contributed by atoms with E-state index < -0.39 is 12.1 Å². The van der Waals surface area contributed by atoms with Gasteiger partial charge in [-0.25, -0.2) is 0 Å². The molecule has 0 aliphatic rings. The van der Waals surface area contributed by atoms with E-state index in [-0.39, 0.29) is 21.2 Å². The highest BCUT2D eigenvalue weighted by atomic mass is 35.5. The van der Waals surface area contributed by atoms with Crippen LogP contribution in [0.25, 0.3) is 0 Å². The number of aryl methyl sites for hydroxylation is 1. The van der Waals surface area contributed by atoms with Crippen molar-refractivity contribution in [2.24, 2.45) is 0 Å². The van der Waals surface area contributed by atoms with Crippen molar-refractivity contribution in [1.29, 1.82) is 0 Å². The minimum Gasteiger partial charge on any atom is -0.170 e. The van der Waals surface area contributed by atoms with Gasteiger partial charge in [0.2, 0.25) is 0 Å². The lowest BCUT2D eigenvalue weighted by Gasteiger charge is -2.23. The summed E-state index contributed by atoms with van der Waals surface area (Å²) < 4.78 is 40.5. The molecule has 0 fully saturated rings. The lowest BCUT2D eigenvalue weighted by molar-refractivity contribution is -0.141. The quantitative estimate of drug-likeness (QED) is 0.567. The first-order chi connectivity index (χ1) is 9.70. The second kappa shape index (κ2) is 6.07. The Morgan fingerprint density at radius 3 is 1.81 bits per heavy atom. The van der Waals surface area contributed by atoms with Crippen molar-refractivity contribution in [2.75, 3.05) is 0 Å². The summed E-state index contributed by atoms with van der Waals surface area (Å²) in [6.45, 7) is 1.71. The van der Waals surface area contributed by atoms with Crippen molar-refractivity contribution >= 4 is 34.8 Å². The van der Waals surface area contributed by atoms with Crippen LogP contribution in [0.4, 0.5) is 13.2 Å². The molecule has 0 aromatic heterocycles. The molecule has 0 heterocycles. The van der Waals surface area contributed by atoms with Crippen molar-refractivity contribution < 1.29 is 13.2 Å². The van der Waals surface area contributed by atoms with Gasteiger partial charge in [-0.05, 0) is 42.3 Å². The van der Waals surface area contributed by atoms with E-state index in [0.717, 1.165) is 0 Å². The molecule has 2 aromatic carbocycles. The van der Waals surface area contributed by atoms with E-state index in [2.05, 4.69) is 0 Å². The van der Waals surface area contributed by atoms with Gasteiger partial charge in [-0.15, -0.1) is 0 Å². The van der Waals surface area contributed by atoms with Crippen LogP contribution in [0.3, 0.4) is 0 Å². The number of rotatable bonds is 2. The average Bonchev–Trinajstić information content (AvgIpc) is 2.33. The zero-order valence-corrected chi connectivity index (χ0v) is 13.1. The van der Waals surface area contributed by atoms with E-state index in [9.17, 15) is 13.2 Å². The molecule has 1 atom stereocenters. The highest BCUT2D eigenvalue weighted by Gasteiger charge is 2.44. The fourth-order valence-electron chi connectivity index (χ4n) is 2.16. The number of hydrogen-bond donors (Lipinski definition) is 0. The Morgan fingerprint density at radius 1 is 0.905 bits per heavy atom. The molecule has 0 aliphatic heterocycles. The van der Waals surface area contributed by atoms with Gasteiger partial charge >= 0.3 is 6.18 Å². The van der Waals surface area contributed by atoms with Gasteiger partial charge in [0.25, 0.3) is 0 Å². The Hall–Kier alpha value is -0.900. The predicted molar refractivity (Wildman–Crippen MR) is 80.5 cm³/mol. The second-order valence-corrected chi connectivity index (χ2v) is 5.92. The molecule has 0 nitrogen and oxygen atoms in total. The third kappa shape index (κ3) is 3.65. The molecule has 21 heavy (non-hydrogen) atoms. The monoisotopic (exact) mass is 352 g/mol. The number of alkyl halides is 3. The van der Waals surface area contributed by atoms with Crippen LogP contribution in [0.2, 0.25) is 15.1 Å². The summed E-state index contributed by atoms with van der Waals surface area (Å²) in [5.74, 6) is -1.89. The summed E-state index contributed by atoms with van der Waals surface area (Å²) in [5.41, 5.74) is 0.601. The van der Waals surface area contributed by atoms with Crippen LogP contribution in [0, 0.1) is 6.92 Å². The maximum absolute atomic E-state index is 13.5. The van der Waals surface area contributed by atoms with Crippen LogP contribution in [-0.4, -0.2) is 6.18 Å². The van der Waals surface area contributed by atoms with Crippen molar-refractivity contribution in [1.82, 2.24) is 0 Å². The summed E-state index contributed by atoms with van der Waals surface area (Å²) >= 11 is 17.7. The third-order valence-corrected chi connectivity index (χ3v) is 3.92. The van der Waals surface area contributed by atoms with Crippen LogP contribution in [-0.2, 0) is 0 Å². The van der Waals surface area contributed by atoms with Crippen LogP contribution in [0.1, 0.15) is 22.6 Å². The van der Waals surface area contributed by atoms with Crippen LogP contribution in [0.5, 0.6) is 0 Å². The first-order valence-electron chi connectivity index (χ1n) is 5.98. The highest BCUT2D eigenvalue weighted by molar-refractivity contribution is 6.36. The van der Waals surface area contributed by atoms with Crippen molar-refractivity contribution in [3.63, 3.8) is 0 Å². The zero-order chi connectivity index (χ0) is 15.8. The molecular formula is C15H10Cl3F3. The minimum atomic E-state index is -4.52. The zero-order valence-electron chi connectivity index (χ0n) is 10.8. The molecule has 0 N–H and O–H groups in total. The molecule has 0 saturated heterocycles. The van der Waals surface area contributed by atoms with E-state index >= 15 is 0 Å². The van der Waals surface area contributed by atoms with Crippen LogP contribution < -0.4 is 0 Å². The fraction of sp³-hybridized carbons (Fsp3) is 0.200. The molecule has 0 amide bonds. The Bertz CT molecular complexity index is 625. The normalized spacial score (nSPS) is 13.3. The van der Waals surface area contributed by atoms with E-state index in [0.29, 0.717) is 10.6 Å². The molecule has 0 aliphatic carbocycles. The van der Waals surface area contributed by atoms with Gasteiger partial charge in [0, 0.05) is 20.6 Å². The van der Waals surface area contributed by atoms with E-state index in [1.54, 1.807) is 6.92 Å². The van der Waals surface area contributed by atoms with Gasteiger partial charge in [-0.1, -0.05) is 46.9 Å². The first kappa shape index (κ1) is 16.5. The minimum absolute atomic E-state index is 0.00252. The number of hydrogen-bond acceptors (Lipinski definition) is 0. The van der Waals surface area contributed by atoms with Gasteiger partial charge in [0.05, 0.1) is 0 Å². The van der Waals surface area contributed by atoms with Crippen molar-refractivity contribution in [3.05, 3.63) is 68.2 Å². The standard InChI is InChI=1S/C15H10Cl3F3/c1-8-6-11(17)13(12(18)7-8)14(15(19,20)21)9-2-4-10(16)5-3-9/h2-7,14H,1H3. The smallest absolute Gasteiger partial charge is 0.170 e. The largest absolute Gasteiger partial charge is 0.399 e. The molecule has 0 bridgehead atoms. The van der Waals surface area contributed by atoms with Crippen LogP contribution >= 0.6 is 34.8 Å². The summed E-state index contributed by atoms with van der Waals surface area (Å²) in [7, 11) is 0. The number of benzene rings is 2. The van der Waals surface area contributed by atoms with E-state index in [4.69, 9.17) is 34.8 Å². The Kier molecular flexibility index (Phi) is 4.76. The molecule has 1 unspecified atom stereocenters. The molecule has 0 radical (unpaired) electrons. The van der Waals surface area contributed by atoms with E-state index in [1.165, 1.54) is 36.4 Å². The molecule has 0 saturated carbocycles. The second-order valence-electron chi connectivity index (χ2n) is 4.67. The maximum Gasteiger partial charge on any atom is 0.399 e. The number of halogens is 6. The third-order valence-electron chi connectivity index (χ3n) is 3.04. The van der Waals surface area contributed by atoms with Gasteiger partial charge < -0.3 is 0 Å². The maximum atomic E-state index is 13.5. The summed E-state index contributed by atoms with van der Waals surface area (Å²) in [6, 6.07) is 8.41. The Balaban J connectivity index is 2.65. The Labute approximate surface area is 135 Å². The van der Waals surface area contributed by atoms with Gasteiger partial charge in [-0.3, -0.25) is 0 Å². The van der Waals surface area contributed by atoms with Gasteiger partial charge in [0.15, 0.2) is 0 Å². The first-order valence-corrected chi connectivity index (χ1v) is 7.11. The molecular weight excluding hydrogens is 344 g/mol. The van der Waals surface area contributed by atoms with Crippen LogP contribution in [0.15, 0.2) is 36.4 Å². The van der Waals surface area contributed by atoms with E-state index in [1.807, 2.05) is 0 Å². The predicted octanol–water partition coefficient (Wildman–Crippen LogP) is 6.65. The van der Waals surface area contributed by atoms with Gasteiger partial charge in [-0.2, -0.15) is 13.2 Å². The topological polar surface area (TPSA) is 0 Å². The highest BCUT2D eigenvalue weighted by Crippen LogP contribution is 2.46. The summed E-state index contributed by atoms with van der Waals surface area (Å²) in [4.78, 5) is 0. The molecule has 112 valence electrons. The molecule has 2 rings (SSSR count). The molecule has 6 heteroatoms. The molecule has 0 spiro atoms. The average molecular weight is 354 g/mol. The summed E-state index contributed by atoms with van der Waals surface area (Å²) in [5, 5.41) is 0.357. The lowest BCUT2D eigenvalue weighted by Crippen LogP contribution is -2.22. The Morgan fingerprint density at radius 2 is 1.38 bits per heavy atom. The SMILES string of the molecule is Cc1cc(Cl)c(C(c2ccc(Cl)cc2)C(F)(F)F)c(Cl)c1.